The lowest BCUT2D eigenvalue weighted by atomic mass is 9.96. The number of nitrogens with two attached hydrogens (primary N) is 1. The molecule has 0 bridgehead atoms. The van der Waals surface area contributed by atoms with Crippen LogP contribution in [0.3, 0.4) is 0 Å². The average molecular weight is 195 g/mol. The fraction of sp³-hybridized carbons (Fsp3) is 0.455. The number of benzene rings is 1. The van der Waals surface area contributed by atoms with E-state index in [9.17, 15) is 5.11 Å². The number of hydrogen-bond donors (Lipinski definition) is 2. The summed E-state index contributed by atoms with van der Waals surface area (Å²) in [5.41, 5.74) is 5.28. The van der Waals surface area contributed by atoms with Gasteiger partial charge in [0.15, 0.2) is 0 Å². The Kier molecular flexibility index (Phi) is 3.49. The molecule has 0 aromatic heterocycles. The lowest BCUT2D eigenvalue weighted by Crippen LogP contribution is -2.31. The molecule has 0 radical (unpaired) electrons. The minimum absolute atomic E-state index is 0.197. The van der Waals surface area contributed by atoms with Gasteiger partial charge in [0.2, 0.25) is 0 Å². The van der Waals surface area contributed by atoms with Crippen LogP contribution in [0.1, 0.15) is 19.4 Å². The van der Waals surface area contributed by atoms with Gasteiger partial charge in [-0.2, -0.15) is 0 Å². The molecular weight excluding hydrogens is 178 g/mol. The van der Waals surface area contributed by atoms with Crippen molar-refractivity contribution in [2.75, 3.05) is 13.2 Å². The highest BCUT2D eigenvalue weighted by molar-refractivity contribution is 5.32. The molecule has 0 amide bonds. The summed E-state index contributed by atoms with van der Waals surface area (Å²) in [6, 6.07) is 7.37. The van der Waals surface area contributed by atoms with Crippen LogP contribution in [-0.4, -0.2) is 18.3 Å². The Morgan fingerprint density at radius 1 is 1.50 bits per heavy atom. The second-order valence-corrected chi connectivity index (χ2v) is 3.44. The van der Waals surface area contributed by atoms with Crippen molar-refractivity contribution in [3.8, 4) is 5.75 Å². The van der Waals surface area contributed by atoms with Gasteiger partial charge in [-0.25, -0.2) is 0 Å². The first-order chi connectivity index (χ1) is 6.60. The molecule has 3 N–H and O–H groups in total. The van der Waals surface area contributed by atoms with E-state index >= 15 is 0 Å². The van der Waals surface area contributed by atoms with Crippen LogP contribution in [0.4, 0.5) is 0 Å². The summed E-state index contributed by atoms with van der Waals surface area (Å²) in [5, 5.41) is 9.91. The summed E-state index contributed by atoms with van der Waals surface area (Å²) in [5.74, 6) is 0.763. The fourth-order valence-corrected chi connectivity index (χ4v) is 1.21. The lowest BCUT2D eigenvalue weighted by Gasteiger charge is -2.22. The summed E-state index contributed by atoms with van der Waals surface area (Å²) in [4.78, 5) is 0. The van der Waals surface area contributed by atoms with Gasteiger partial charge in [0, 0.05) is 6.54 Å². The largest absolute Gasteiger partial charge is 0.494 e. The molecule has 0 aliphatic carbocycles. The molecule has 14 heavy (non-hydrogen) atoms. The van der Waals surface area contributed by atoms with Gasteiger partial charge in [-0.15, -0.1) is 0 Å². The average Bonchev–Trinajstić information content (AvgIpc) is 2.19. The van der Waals surface area contributed by atoms with Crippen molar-refractivity contribution in [2.24, 2.45) is 5.73 Å². The zero-order valence-electron chi connectivity index (χ0n) is 8.66. The zero-order valence-corrected chi connectivity index (χ0v) is 8.66. The highest BCUT2D eigenvalue weighted by atomic mass is 16.5. The van der Waals surface area contributed by atoms with E-state index in [1.807, 2.05) is 31.2 Å². The maximum absolute atomic E-state index is 9.91. The molecule has 1 rings (SSSR count). The summed E-state index contributed by atoms with van der Waals surface area (Å²) in [6.07, 6.45) is 0. The Morgan fingerprint density at radius 3 is 2.79 bits per heavy atom. The van der Waals surface area contributed by atoms with E-state index in [4.69, 9.17) is 10.5 Å². The first kappa shape index (κ1) is 11.0. The van der Waals surface area contributed by atoms with Gasteiger partial charge in [0.1, 0.15) is 5.75 Å². The van der Waals surface area contributed by atoms with Crippen molar-refractivity contribution >= 4 is 0 Å². The normalized spacial score (nSPS) is 14.9. The van der Waals surface area contributed by atoms with Gasteiger partial charge < -0.3 is 15.6 Å². The smallest absolute Gasteiger partial charge is 0.119 e. The van der Waals surface area contributed by atoms with E-state index in [0.717, 1.165) is 11.3 Å². The third-order valence-corrected chi connectivity index (χ3v) is 2.16. The summed E-state index contributed by atoms with van der Waals surface area (Å²) in [6.45, 7) is 4.43. The molecular formula is C11H17NO2. The van der Waals surface area contributed by atoms with E-state index in [0.29, 0.717) is 6.61 Å². The summed E-state index contributed by atoms with van der Waals surface area (Å²) < 4.78 is 5.33. The maximum atomic E-state index is 9.91. The molecule has 0 fully saturated rings. The molecule has 1 atom stereocenters. The zero-order chi connectivity index (χ0) is 10.6. The Hall–Kier alpha value is -1.06. The van der Waals surface area contributed by atoms with Gasteiger partial charge in [0.25, 0.3) is 0 Å². The van der Waals surface area contributed by atoms with Crippen LogP contribution in [-0.2, 0) is 5.60 Å². The Labute approximate surface area is 84.5 Å². The van der Waals surface area contributed by atoms with Crippen LogP contribution in [0.15, 0.2) is 24.3 Å². The minimum atomic E-state index is -0.979. The Morgan fingerprint density at radius 2 is 2.21 bits per heavy atom. The molecule has 3 nitrogen and oxygen atoms in total. The molecule has 0 aliphatic heterocycles. The number of rotatable bonds is 4. The van der Waals surface area contributed by atoms with Gasteiger partial charge in [-0.1, -0.05) is 12.1 Å². The van der Waals surface area contributed by atoms with E-state index in [1.54, 1.807) is 6.92 Å². The van der Waals surface area contributed by atoms with Crippen molar-refractivity contribution in [1.82, 2.24) is 0 Å². The molecule has 1 aromatic carbocycles. The van der Waals surface area contributed by atoms with Crippen LogP contribution >= 0.6 is 0 Å². The SMILES string of the molecule is CCOc1cccc(C(C)(O)CN)c1. The Bertz CT molecular complexity index is 297. The second kappa shape index (κ2) is 4.44. The van der Waals surface area contributed by atoms with E-state index < -0.39 is 5.60 Å². The molecule has 78 valence electrons. The molecule has 1 aromatic rings. The molecule has 1 unspecified atom stereocenters. The second-order valence-electron chi connectivity index (χ2n) is 3.44. The van der Waals surface area contributed by atoms with Crippen LogP contribution in [0.25, 0.3) is 0 Å². The molecule has 0 heterocycles. The number of aliphatic hydroxyl groups is 1. The topological polar surface area (TPSA) is 55.5 Å². The predicted octanol–water partition coefficient (Wildman–Crippen LogP) is 1.25. The van der Waals surface area contributed by atoms with Crippen molar-refractivity contribution in [3.05, 3.63) is 29.8 Å². The third kappa shape index (κ3) is 2.47. The van der Waals surface area contributed by atoms with E-state index in [-0.39, 0.29) is 6.54 Å². The fourth-order valence-electron chi connectivity index (χ4n) is 1.21. The summed E-state index contributed by atoms with van der Waals surface area (Å²) in [7, 11) is 0. The maximum Gasteiger partial charge on any atom is 0.119 e. The standard InChI is InChI=1S/C11H17NO2/c1-3-14-10-6-4-5-9(7-10)11(2,13)8-12/h4-7,13H,3,8,12H2,1-2H3. The van der Waals surface area contributed by atoms with Gasteiger partial charge >= 0.3 is 0 Å². The molecule has 0 saturated carbocycles. The van der Waals surface area contributed by atoms with Crippen LogP contribution in [0.2, 0.25) is 0 Å². The minimum Gasteiger partial charge on any atom is -0.494 e. The van der Waals surface area contributed by atoms with Gasteiger partial charge in [-0.3, -0.25) is 0 Å². The van der Waals surface area contributed by atoms with Crippen molar-refractivity contribution in [2.45, 2.75) is 19.4 Å². The molecule has 0 spiro atoms. The summed E-state index contributed by atoms with van der Waals surface area (Å²) >= 11 is 0. The quantitative estimate of drug-likeness (QED) is 0.760. The van der Waals surface area contributed by atoms with Crippen LogP contribution in [0.5, 0.6) is 5.75 Å². The monoisotopic (exact) mass is 195 g/mol. The predicted molar refractivity (Wildman–Crippen MR) is 56.2 cm³/mol. The number of hydrogen-bond acceptors (Lipinski definition) is 3. The molecule has 0 saturated heterocycles. The first-order valence-corrected chi connectivity index (χ1v) is 4.76. The highest BCUT2D eigenvalue weighted by Gasteiger charge is 2.20. The number of ether oxygens (including phenoxy) is 1. The Balaban J connectivity index is 2.93. The molecule has 0 aliphatic rings. The van der Waals surface area contributed by atoms with Crippen molar-refractivity contribution < 1.29 is 9.84 Å². The highest BCUT2D eigenvalue weighted by Crippen LogP contribution is 2.23. The lowest BCUT2D eigenvalue weighted by molar-refractivity contribution is 0.0665. The van der Waals surface area contributed by atoms with E-state index in [1.165, 1.54) is 0 Å². The van der Waals surface area contributed by atoms with Crippen molar-refractivity contribution in [1.29, 1.82) is 0 Å². The molecule has 3 heteroatoms. The van der Waals surface area contributed by atoms with Crippen LogP contribution < -0.4 is 10.5 Å². The van der Waals surface area contributed by atoms with Crippen molar-refractivity contribution in [3.63, 3.8) is 0 Å². The van der Waals surface area contributed by atoms with Gasteiger partial charge in [0.05, 0.1) is 12.2 Å². The first-order valence-electron chi connectivity index (χ1n) is 4.76. The third-order valence-electron chi connectivity index (χ3n) is 2.16. The van der Waals surface area contributed by atoms with Gasteiger partial charge in [-0.05, 0) is 31.5 Å². The van der Waals surface area contributed by atoms with Crippen LogP contribution in [0, 0.1) is 0 Å². The van der Waals surface area contributed by atoms with E-state index in [2.05, 4.69) is 0 Å².